The van der Waals surface area contributed by atoms with Crippen molar-refractivity contribution in [1.29, 1.82) is 0 Å². The van der Waals surface area contributed by atoms with E-state index in [1.807, 2.05) is 31.2 Å². The SMILES string of the molecule is CCN(c1cccc(C)c1)c1ccc(NS(=O)(=O)c2ccc(C)cc2C)cn1. The van der Waals surface area contributed by atoms with E-state index in [1.54, 1.807) is 31.3 Å². The van der Waals surface area contributed by atoms with Crippen molar-refractivity contribution < 1.29 is 8.42 Å². The highest BCUT2D eigenvalue weighted by molar-refractivity contribution is 7.92. The number of nitrogens with one attached hydrogen (secondary N) is 1. The van der Waals surface area contributed by atoms with E-state index in [0.717, 1.165) is 23.6 Å². The summed E-state index contributed by atoms with van der Waals surface area (Å²) in [6.45, 7) is 8.59. The van der Waals surface area contributed by atoms with Gasteiger partial charge in [0.1, 0.15) is 5.82 Å². The maximum absolute atomic E-state index is 12.7. The quantitative estimate of drug-likeness (QED) is 0.640. The molecule has 3 rings (SSSR count). The van der Waals surface area contributed by atoms with E-state index in [0.29, 0.717) is 11.3 Å². The average molecular weight is 396 g/mol. The summed E-state index contributed by atoms with van der Waals surface area (Å²) in [6.07, 6.45) is 1.55. The van der Waals surface area contributed by atoms with Gasteiger partial charge in [0, 0.05) is 12.2 Å². The van der Waals surface area contributed by atoms with Gasteiger partial charge in [-0.2, -0.15) is 0 Å². The van der Waals surface area contributed by atoms with Crippen molar-refractivity contribution >= 4 is 27.2 Å². The first-order chi connectivity index (χ1) is 13.3. The Morgan fingerprint density at radius 3 is 2.32 bits per heavy atom. The van der Waals surface area contributed by atoms with Crippen LogP contribution in [0, 0.1) is 20.8 Å². The monoisotopic (exact) mass is 395 g/mol. The van der Waals surface area contributed by atoms with Crippen molar-refractivity contribution in [2.45, 2.75) is 32.6 Å². The van der Waals surface area contributed by atoms with Crippen molar-refractivity contribution in [1.82, 2.24) is 4.98 Å². The minimum Gasteiger partial charge on any atom is -0.327 e. The van der Waals surface area contributed by atoms with Gasteiger partial charge in [0.2, 0.25) is 0 Å². The number of nitrogens with zero attached hydrogens (tertiary/aromatic N) is 2. The average Bonchev–Trinajstić information content (AvgIpc) is 2.63. The summed E-state index contributed by atoms with van der Waals surface area (Å²) >= 11 is 0. The summed E-state index contributed by atoms with van der Waals surface area (Å²) < 4.78 is 28.1. The van der Waals surface area contributed by atoms with Gasteiger partial charge in [-0.3, -0.25) is 4.72 Å². The Labute approximate surface area is 167 Å². The van der Waals surface area contributed by atoms with Gasteiger partial charge in [0.05, 0.1) is 16.8 Å². The molecule has 28 heavy (non-hydrogen) atoms. The summed E-state index contributed by atoms with van der Waals surface area (Å²) in [6, 6.07) is 17.0. The van der Waals surface area contributed by atoms with Gasteiger partial charge in [0.25, 0.3) is 10.0 Å². The van der Waals surface area contributed by atoms with E-state index in [-0.39, 0.29) is 4.90 Å². The van der Waals surface area contributed by atoms with Crippen molar-refractivity contribution in [3.8, 4) is 0 Å². The van der Waals surface area contributed by atoms with E-state index in [2.05, 4.69) is 40.6 Å². The molecular formula is C22H25N3O2S. The van der Waals surface area contributed by atoms with Crippen molar-refractivity contribution in [2.75, 3.05) is 16.2 Å². The standard InChI is InChI=1S/C22H25N3O2S/c1-5-25(20-8-6-7-16(2)14-20)22-12-10-19(15-23-22)24-28(26,27)21-11-9-17(3)13-18(21)4/h6-15,24H,5H2,1-4H3. The Morgan fingerprint density at radius 2 is 1.71 bits per heavy atom. The fourth-order valence-corrected chi connectivity index (χ4v) is 4.46. The first kappa shape index (κ1) is 19.9. The predicted octanol–water partition coefficient (Wildman–Crippen LogP) is 4.97. The van der Waals surface area contributed by atoms with Crippen LogP contribution in [0.15, 0.2) is 65.7 Å². The first-order valence-electron chi connectivity index (χ1n) is 9.20. The fourth-order valence-electron chi connectivity index (χ4n) is 3.19. The normalized spacial score (nSPS) is 11.3. The number of pyridine rings is 1. The van der Waals surface area contributed by atoms with Crippen LogP contribution in [0.3, 0.4) is 0 Å². The number of rotatable bonds is 6. The molecule has 0 saturated carbocycles. The molecule has 6 heteroatoms. The van der Waals surface area contributed by atoms with Crippen LogP contribution in [0.2, 0.25) is 0 Å². The van der Waals surface area contributed by atoms with Crippen LogP contribution in [0.4, 0.5) is 17.2 Å². The lowest BCUT2D eigenvalue weighted by Gasteiger charge is -2.22. The topological polar surface area (TPSA) is 62.3 Å². The second kappa shape index (κ2) is 8.02. The molecular weight excluding hydrogens is 370 g/mol. The smallest absolute Gasteiger partial charge is 0.262 e. The van der Waals surface area contributed by atoms with Crippen LogP contribution in [0.1, 0.15) is 23.6 Å². The van der Waals surface area contributed by atoms with E-state index < -0.39 is 10.0 Å². The third kappa shape index (κ3) is 4.34. The molecule has 5 nitrogen and oxygen atoms in total. The van der Waals surface area contributed by atoms with E-state index in [9.17, 15) is 8.42 Å². The van der Waals surface area contributed by atoms with Crippen LogP contribution in [0.5, 0.6) is 0 Å². The van der Waals surface area contributed by atoms with Gasteiger partial charge in [-0.15, -0.1) is 0 Å². The molecule has 0 aliphatic carbocycles. The molecule has 1 heterocycles. The van der Waals surface area contributed by atoms with Crippen molar-refractivity contribution in [3.05, 3.63) is 77.5 Å². The lowest BCUT2D eigenvalue weighted by Crippen LogP contribution is -2.18. The second-order valence-electron chi connectivity index (χ2n) is 6.86. The number of sulfonamides is 1. The summed E-state index contributed by atoms with van der Waals surface area (Å²) in [4.78, 5) is 6.82. The zero-order valence-electron chi connectivity index (χ0n) is 16.6. The van der Waals surface area contributed by atoms with Crippen LogP contribution < -0.4 is 9.62 Å². The summed E-state index contributed by atoms with van der Waals surface area (Å²) in [5.74, 6) is 0.766. The summed E-state index contributed by atoms with van der Waals surface area (Å²) in [5, 5.41) is 0. The van der Waals surface area contributed by atoms with Gasteiger partial charge in [-0.1, -0.05) is 29.8 Å². The Kier molecular flexibility index (Phi) is 5.70. The Balaban J connectivity index is 1.84. The molecule has 1 aromatic heterocycles. The molecule has 2 aromatic carbocycles. The molecule has 3 aromatic rings. The van der Waals surface area contributed by atoms with Crippen LogP contribution >= 0.6 is 0 Å². The maximum Gasteiger partial charge on any atom is 0.262 e. The Morgan fingerprint density at radius 1 is 0.964 bits per heavy atom. The largest absolute Gasteiger partial charge is 0.327 e. The molecule has 0 amide bonds. The number of aromatic nitrogens is 1. The zero-order valence-corrected chi connectivity index (χ0v) is 17.4. The van der Waals surface area contributed by atoms with Gasteiger partial charge in [0.15, 0.2) is 0 Å². The molecule has 0 bridgehead atoms. The third-order valence-electron chi connectivity index (χ3n) is 4.53. The third-order valence-corrected chi connectivity index (χ3v) is 6.07. The summed E-state index contributed by atoms with van der Waals surface area (Å²) in [7, 11) is -3.66. The number of hydrogen-bond donors (Lipinski definition) is 1. The molecule has 0 spiro atoms. The number of hydrogen-bond acceptors (Lipinski definition) is 4. The van der Waals surface area contributed by atoms with Crippen LogP contribution in [-0.2, 0) is 10.0 Å². The molecule has 0 aliphatic rings. The van der Waals surface area contributed by atoms with Gasteiger partial charge >= 0.3 is 0 Å². The van der Waals surface area contributed by atoms with Gasteiger partial charge < -0.3 is 4.90 Å². The summed E-state index contributed by atoms with van der Waals surface area (Å²) in [5.41, 5.74) is 4.41. The minimum atomic E-state index is -3.66. The molecule has 0 fully saturated rings. The van der Waals surface area contributed by atoms with Gasteiger partial charge in [-0.25, -0.2) is 13.4 Å². The fraction of sp³-hybridized carbons (Fsp3) is 0.227. The first-order valence-corrected chi connectivity index (χ1v) is 10.7. The van der Waals surface area contributed by atoms with Crippen molar-refractivity contribution in [3.63, 3.8) is 0 Å². The highest BCUT2D eigenvalue weighted by Gasteiger charge is 2.17. The van der Waals surface area contributed by atoms with E-state index in [1.165, 1.54) is 5.56 Å². The van der Waals surface area contributed by atoms with Gasteiger partial charge in [-0.05, 0) is 69.2 Å². The number of benzene rings is 2. The van der Waals surface area contributed by atoms with Crippen LogP contribution in [0.25, 0.3) is 0 Å². The molecule has 1 N–H and O–H groups in total. The number of aryl methyl sites for hydroxylation is 3. The van der Waals surface area contributed by atoms with Crippen LogP contribution in [-0.4, -0.2) is 19.9 Å². The molecule has 0 saturated heterocycles. The van der Waals surface area contributed by atoms with E-state index in [4.69, 9.17) is 0 Å². The second-order valence-corrected chi connectivity index (χ2v) is 8.51. The molecule has 0 unspecified atom stereocenters. The molecule has 0 radical (unpaired) electrons. The molecule has 146 valence electrons. The van der Waals surface area contributed by atoms with E-state index >= 15 is 0 Å². The predicted molar refractivity (Wildman–Crippen MR) is 115 cm³/mol. The van der Waals surface area contributed by atoms with Crippen molar-refractivity contribution in [2.24, 2.45) is 0 Å². The minimum absolute atomic E-state index is 0.275. The Bertz CT molecular complexity index is 1080. The molecule has 0 atom stereocenters. The molecule has 0 aliphatic heterocycles. The lowest BCUT2D eigenvalue weighted by atomic mass is 10.2. The zero-order chi connectivity index (χ0) is 20.3. The maximum atomic E-state index is 12.7. The number of anilines is 3. The lowest BCUT2D eigenvalue weighted by molar-refractivity contribution is 0.600. The highest BCUT2D eigenvalue weighted by Crippen LogP contribution is 2.26. The Hall–Kier alpha value is -2.86. The highest BCUT2D eigenvalue weighted by atomic mass is 32.2.